The van der Waals surface area contributed by atoms with Crippen molar-refractivity contribution in [1.82, 2.24) is 43.6 Å². The van der Waals surface area contributed by atoms with Gasteiger partial charge in [0.05, 0.1) is 90.5 Å². The smallest absolute Gasteiger partial charge is 0.0989 e. The van der Waals surface area contributed by atoms with Crippen LogP contribution in [0.25, 0.3) is 205 Å². The molecule has 7 heterocycles. The Morgan fingerprint density at radius 3 is 1.20 bits per heavy atom. The molecule has 10 heteroatoms. The Hall–Kier alpha value is -15.6. The van der Waals surface area contributed by atoms with Crippen molar-refractivity contribution < 1.29 is 0 Å². The molecule has 3 aliphatic carbocycles. The molecule has 3 aliphatic rings. The van der Waals surface area contributed by atoms with Crippen molar-refractivity contribution in [3.8, 4) is 118 Å². The SMILES string of the molecule is CC1(C)c2ccc(-c3ccccc3)cc2-c2nc(-c3cncc(-n4c5ccccc5c5cc6ccccc6cc54)c3)c(-c3cccc4c3c3ccccc3n4-c3ccccc3)nc21.CC1(C)c2ccc(-c3ccccc3)cc2-c2nc(-c3cncc(Br)c3)c(-c3cccc4c3c3ccccc3n4-c3ccccc3)nc21.c1ccc2c(c1)Cc1cc3ccccc3cc1-2. The zero-order valence-electron chi connectivity index (χ0n) is 70.2. The van der Waals surface area contributed by atoms with E-state index in [1.807, 2.05) is 24.8 Å². The number of benzene rings is 16. The summed E-state index contributed by atoms with van der Waals surface area (Å²) in [5, 5.41) is 12.2. The van der Waals surface area contributed by atoms with E-state index in [1.54, 1.807) is 0 Å². The van der Waals surface area contributed by atoms with E-state index in [0.717, 1.165) is 156 Å². The number of aromatic nitrogens is 9. The fraction of sp³-hybridized carbons (Fsp3) is 0.0598. The van der Waals surface area contributed by atoms with Gasteiger partial charge in [0.2, 0.25) is 0 Å². The van der Waals surface area contributed by atoms with Gasteiger partial charge >= 0.3 is 0 Å². The molecule has 9 nitrogen and oxygen atoms in total. The van der Waals surface area contributed by atoms with Gasteiger partial charge in [0, 0.05) is 111 Å². The highest BCUT2D eigenvalue weighted by Crippen LogP contribution is 2.54. The second-order valence-corrected chi connectivity index (χ2v) is 35.5. The van der Waals surface area contributed by atoms with Crippen LogP contribution < -0.4 is 0 Å². The molecule has 0 fully saturated rings. The number of para-hydroxylation sites is 5. The van der Waals surface area contributed by atoms with E-state index in [9.17, 15) is 0 Å². The molecule has 0 saturated carbocycles. The number of rotatable bonds is 9. The predicted octanol–water partition coefficient (Wildman–Crippen LogP) is 30.0. The van der Waals surface area contributed by atoms with Gasteiger partial charge in [0.1, 0.15) is 0 Å². The van der Waals surface area contributed by atoms with Crippen molar-refractivity contribution in [2.45, 2.75) is 44.9 Å². The molecule has 7 aromatic heterocycles. The molecule has 16 aromatic carbocycles. The van der Waals surface area contributed by atoms with Gasteiger partial charge in [0.15, 0.2) is 0 Å². The summed E-state index contributed by atoms with van der Waals surface area (Å²) in [7, 11) is 0. The Balaban J connectivity index is 0.000000122. The summed E-state index contributed by atoms with van der Waals surface area (Å²) in [5.74, 6) is 0. The lowest BCUT2D eigenvalue weighted by Crippen LogP contribution is -2.17. The third-order valence-corrected chi connectivity index (χ3v) is 26.9. The summed E-state index contributed by atoms with van der Waals surface area (Å²) in [6, 6.07) is 135. The van der Waals surface area contributed by atoms with Gasteiger partial charge in [-0.1, -0.05) is 307 Å². The third-order valence-electron chi connectivity index (χ3n) is 26.5. The van der Waals surface area contributed by atoms with Crippen LogP contribution in [0, 0.1) is 0 Å². The van der Waals surface area contributed by atoms with Crippen LogP contribution in [0.3, 0.4) is 0 Å². The monoisotopic (exact) mass is 1690 g/mol. The molecule has 0 aliphatic heterocycles. The van der Waals surface area contributed by atoms with Gasteiger partial charge in [-0.2, -0.15) is 0 Å². The molecule has 0 radical (unpaired) electrons. The Morgan fingerprint density at radius 2 is 0.661 bits per heavy atom. The molecule has 0 N–H and O–H groups in total. The fourth-order valence-corrected chi connectivity index (χ4v) is 20.8. The van der Waals surface area contributed by atoms with E-state index >= 15 is 0 Å². The fourth-order valence-electron chi connectivity index (χ4n) is 20.5. The number of halogens is 1. The van der Waals surface area contributed by atoms with Gasteiger partial charge in [0.25, 0.3) is 0 Å². The zero-order chi connectivity index (χ0) is 84.8. The number of pyridine rings is 2. The highest BCUT2D eigenvalue weighted by Gasteiger charge is 2.42. The molecule has 0 unspecified atom stereocenters. The Kier molecular flexibility index (Phi) is 17.7. The molecule has 127 heavy (non-hydrogen) atoms. The lowest BCUT2D eigenvalue weighted by molar-refractivity contribution is 0.636. The van der Waals surface area contributed by atoms with Crippen molar-refractivity contribution in [2.24, 2.45) is 0 Å². The normalized spacial score (nSPS) is 13.0. The van der Waals surface area contributed by atoms with E-state index in [0.29, 0.717) is 0 Å². The average molecular weight is 1690 g/mol. The molecule has 0 saturated heterocycles. The first kappa shape index (κ1) is 75.1. The van der Waals surface area contributed by atoms with Crippen LogP contribution in [0.5, 0.6) is 0 Å². The van der Waals surface area contributed by atoms with Gasteiger partial charge in [-0.15, -0.1) is 0 Å². The van der Waals surface area contributed by atoms with Crippen LogP contribution in [0.1, 0.15) is 61.3 Å². The maximum absolute atomic E-state index is 5.83. The van der Waals surface area contributed by atoms with Crippen LogP contribution in [-0.2, 0) is 17.3 Å². The van der Waals surface area contributed by atoms with E-state index < -0.39 is 5.41 Å². The molecular weight excluding hydrogens is 1610 g/mol. The molecule has 0 amide bonds. The van der Waals surface area contributed by atoms with Crippen LogP contribution in [-0.4, -0.2) is 43.6 Å². The van der Waals surface area contributed by atoms with Crippen molar-refractivity contribution in [3.63, 3.8) is 0 Å². The number of nitrogens with zero attached hydrogens (tertiary/aromatic N) is 9. The minimum absolute atomic E-state index is 0.332. The van der Waals surface area contributed by atoms with Gasteiger partial charge in [-0.05, 0) is 197 Å². The number of hydrogen-bond acceptors (Lipinski definition) is 6. The zero-order valence-corrected chi connectivity index (χ0v) is 71.8. The molecule has 0 spiro atoms. The molecular formula is C117H80BrN9. The van der Waals surface area contributed by atoms with Crippen LogP contribution in [0.2, 0.25) is 0 Å². The second-order valence-electron chi connectivity index (χ2n) is 34.6. The predicted molar refractivity (Wildman–Crippen MR) is 528 cm³/mol. The average Bonchev–Trinajstić information content (AvgIpc) is 1.56. The molecule has 26 rings (SSSR count). The van der Waals surface area contributed by atoms with Crippen molar-refractivity contribution >= 4 is 103 Å². The van der Waals surface area contributed by atoms with E-state index in [2.05, 4.69) is 438 Å². The Morgan fingerprint density at radius 1 is 0.244 bits per heavy atom. The lowest BCUT2D eigenvalue weighted by atomic mass is 9.84. The van der Waals surface area contributed by atoms with E-state index in [1.165, 1.54) is 93.2 Å². The summed E-state index contributed by atoms with van der Waals surface area (Å²) >= 11 is 3.67. The molecule has 23 aromatic rings. The Bertz CT molecular complexity index is 8430. The largest absolute Gasteiger partial charge is 0.309 e. The lowest BCUT2D eigenvalue weighted by Gasteiger charge is -2.21. The third kappa shape index (κ3) is 12.3. The number of hydrogen-bond donors (Lipinski definition) is 0. The summed E-state index contributed by atoms with van der Waals surface area (Å²) in [6.07, 6.45) is 8.71. The summed E-state index contributed by atoms with van der Waals surface area (Å²) in [6.45, 7) is 9.10. The first-order chi connectivity index (χ1) is 62.4. The van der Waals surface area contributed by atoms with Crippen LogP contribution in [0.4, 0.5) is 0 Å². The van der Waals surface area contributed by atoms with Crippen LogP contribution in [0.15, 0.2) is 405 Å². The first-order valence-electron chi connectivity index (χ1n) is 43.4. The maximum atomic E-state index is 5.83. The van der Waals surface area contributed by atoms with Gasteiger partial charge < -0.3 is 13.7 Å². The van der Waals surface area contributed by atoms with Crippen molar-refractivity contribution in [1.29, 1.82) is 0 Å². The minimum Gasteiger partial charge on any atom is -0.309 e. The van der Waals surface area contributed by atoms with Crippen LogP contribution >= 0.6 is 15.9 Å². The quantitative estimate of drug-likeness (QED) is 0.143. The topological polar surface area (TPSA) is 92.1 Å². The summed E-state index contributed by atoms with van der Waals surface area (Å²) in [5.41, 5.74) is 35.5. The second kappa shape index (κ2) is 29.8. The first-order valence-corrected chi connectivity index (χ1v) is 44.2. The van der Waals surface area contributed by atoms with Crippen molar-refractivity contribution in [2.75, 3.05) is 0 Å². The molecule has 600 valence electrons. The highest BCUT2D eigenvalue weighted by atomic mass is 79.9. The number of fused-ring (bicyclic) bond motifs is 20. The van der Waals surface area contributed by atoms with Crippen molar-refractivity contribution in [3.05, 3.63) is 439 Å². The summed E-state index contributed by atoms with van der Waals surface area (Å²) < 4.78 is 7.97. The van der Waals surface area contributed by atoms with Gasteiger partial charge in [-0.3, -0.25) is 9.97 Å². The Labute approximate surface area is 743 Å². The molecule has 0 atom stereocenters. The summed E-state index contributed by atoms with van der Waals surface area (Å²) in [4.78, 5) is 32.3. The van der Waals surface area contributed by atoms with E-state index in [4.69, 9.17) is 24.9 Å². The molecule has 0 bridgehead atoms. The highest BCUT2D eigenvalue weighted by molar-refractivity contribution is 9.10. The maximum Gasteiger partial charge on any atom is 0.0989 e. The standard InChI is InChI=1S/C58H39N5.C42H29BrN4.C17H12/c1-58(2)48-29-28-39(36-16-5-3-6-17-36)32-47(48)56-57(58)61-55(45-24-15-27-51-53(45)44-23-12-14-26-50(44)62(51)41-20-7-4-8-21-41)54(60-56)40-30-42(35-59-34-40)63-49-25-13-11-22-43(49)46-31-37-18-9-10-19-38(37)33-52(46)63;1-42(2)34-21-20-27(26-12-5-3-6-13-26)23-33(34)40-41(42)46-39(38(45-40)28-22-29(43)25-44-24-28)32-17-11-19-36-37(32)31-16-9-10-18-35(31)47(36)30-14-7-4-8-15-30;1-2-6-13-11-17-15(9-12(13)5-1)10-14-7-3-4-8-16(14)17/h3-35H,1-2H3;3-25H,1-2H3;1-9,11H,10H2. The minimum atomic E-state index is -0.391. The van der Waals surface area contributed by atoms with Gasteiger partial charge in [-0.25, -0.2) is 19.9 Å². The van der Waals surface area contributed by atoms with E-state index in [-0.39, 0.29) is 5.41 Å².